The molecular weight excluding hydrogens is 516 g/mol. The lowest BCUT2D eigenvalue weighted by atomic mass is 9.98. The number of aromatic nitrogens is 2. The molecule has 3 aromatic rings. The molecule has 2 unspecified atom stereocenters. The van der Waals surface area contributed by atoms with E-state index in [2.05, 4.69) is 51.5 Å². The molecule has 0 spiro atoms. The normalized spacial score (nSPS) is 13.5. The van der Waals surface area contributed by atoms with Crippen LogP contribution in [0, 0.1) is 23.7 Å². The van der Waals surface area contributed by atoms with Crippen LogP contribution in [0.2, 0.25) is 0 Å². The average molecular weight is 561 g/mol. The summed E-state index contributed by atoms with van der Waals surface area (Å²) in [4.78, 5) is 34.1. The van der Waals surface area contributed by atoms with Crippen LogP contribution in [-0.2, 0) is 9.47 Å². The van der Waals surface area contributed by atoms with Gasteiger partial charge >= 0.3 is 11.9 Å². The van der Waals surface area contributed by atoms with E-state index in [0.29, 0.717) is 35.1 Å². The van der Waals surface area contributed by atoms with Crippen molar-refractivity contribution in [3.05, 3.63) is 22.1 Å². The van der Waals surface area contributed by atoms with Crippen molar-refractivity contribution in [3.63, 3.8) is 0 Å². The van der Waals surface area contributed by atoms with E-state index < -0.39 is 0 Å². The van der Waals surface area contributed by atoms with Crippen molar-refractivity contribution in [2.45, 2.75) is 92.9 Å². The second-order valence-electron chi connectivity index (χ2n) is 11.5. The maximum atomic E-state index is 12.6. The first-order valence-electron chi connectivity index (χ1n) is 14.2. The number of benzene rings is 1. The fraction of sp³-hybridized carbons (Fsp3) is 0.667. The molecule has 3 rings (SSSR count). The standard InChI is InChI=1S/C30H44N2O4S2/c1-19(2)9-7-11-21(5)13-15-35-29(33)27-31-23-17-26-24(18-25(23)37-27)32-28(38-26)30(34)36-16-14-22(6)12-8-10-20(3)4/h17-22H,7-16H2,1-6H3. The van der Waals surface area contributed by atoms with E-state index in [9.17, 15) is 9.59 Å². The Labute approximate surface area is 235 Å². The van der Waals surface area contributed by atoms with Crippen LogP contribution in [0.1, 0.15) is 113 Å². The highest BCUT2D eigenvalue weighted by atomic mass is 32.1. The first-order chi connectivity index (χ1) is 18.1. The van der Waals surface area contributed by atoms with E-state index in [1.807, 2.05) is 12.1 Å². The molecule has 2 heterocycles. The SMILES string of the molecule is CC(C)CCCC(C)CCOC(=O)c1nc2cc3sc(C(=O)OCCC(C)CCCC(C)C)nc3cc2s1. The van der Waals surface area contributed by atoms with Crippen LogP contribution in [-0.4, -0.2) is 35.1 Å². The van der Waals surface area contributed by atoms with Crippen LogP contribution < -0.4 is 0 Å². The molecule has 0 N–H and O–H groups in total. The number of esters is 2. The smallest absolute Gasteiger partial charge is 0.367 e. The zero-order valence-electron chi connectivity index (χ0n) is 23.9. The third kappa shape index (κ3) is 9.60. The molecule has 2 atom stereocenters. The molecule has 0 aliphatic rings. The summed E-state index contributed by atoms with van der Waals surface area (Å²) in [5.74, 6) is 1.78. The van der Waals surface area contributed by atoms with Gasteiger partial charge in [-0.05, 0) is 48.6 Å². The molecule has 1 aromatic carbocycles. The molecule has 0 saturated carbocycles. The van der Waals surface area contributed by atoms with E-state index in [4.69, 9.17) is 9.47 Å². The summed E-state index contributed by atoms with van der Waals surface area (Å²) in [6.45, 7) is 14.2. The number of rotatable bonds is 16. The van der Waals surface area contributed by atoms with Crippen molar-refractivity contribution in [1.82, 2.24) is 9.97 Å². The molecule has 0 aliphatic carbocycles. The molecule has 2 aromatic heterocycles. The molecule has 8 heteroatoms. The lowest BCUT2D eigenvalue weighted by Gasteiger charge is -2.12. The van der Waals surface area contributed by atoms with Crippen LogP contribution in [0.4, 0.5) is 0 Å². The number of nitrogens with zero attached hydrogens (tertiary/aromatic N) is 2. The predicted octanol–water partition coefficient (Wildman–Crippen LogP) is 8.92. The highest BCUT2D eigenvalue weighted by molar-refractivity contribution is 7.21. The van der Waals surface area contributed by atoms with Gasteiger partial charge in [-0.25, -0.2) is 19.6 Å². The molecule has 0 amide bonds. The number of thiazole rings is 2. The van der Waals surface area contributed by atoms with Crippen LogP contribution in [0.3, 0.4) is 0 Å². The van der Waals surface area contributed by atoms with E-state index >= 15 is 0 Å². The topological polar surface area (TPSA) is 78.4 Å². The third-order valence-electron chi connectivity index (χ3n) is 6.89. The van der Waals surface area contributed by atoms with Crippen molar-refractivity contribution < 1.29 is 19.1 Å². The van der Waals surface area contributed by atoms with Gasteiger partial charge in [0.15, 0.2) is 0 Å². The van der Waals surface area contributed by atoms with E-state index in [0.717, 1.165) is 58.0 Å². The highest BCUT2D eigenvalue weighted by Crippen LogP contribution is 2.31. The summed E-state index contributed by atoms with van der Waals surface area (Å²) in [7, 11) is 0. The van der Waals surface area contributed by atoms with Crippen molar-refractivity contribution >= 4 is 55.0 Å². The Morgan fingerprint density at radius 1 is 0.658 bits per heavy atom. The van der Waals surface area contributed by atoms with Gasteiger partial charge in [0.1, 0.15) is 0 Å². The minimum atomic E-state index is -0.375. The Hall–Kier alpha value is -2.06. The minimum absolute atomic E-state index is 0.354. The van der Waals surface area contributed by atoms with Crippen molar-refractivity contribution in [1.29, 1.82) is 0 Å². The zero-order chi connectivity index (χ0) is 27.7. The monoisotopic (exact) mass is 560 g/mol. The maximum Gasteiger partial charge on any atom is 0.367 e. The van der Waals surface area contributed by atoms with Gasteiger partial charge in [-0.15, -0.1) is 22.7 Å². The summed E-state index contributed by atoms with van der Waals surface area (Å²) < 4.78 is 12.7. The fourth-order valence-corrected chi connectivity index (χ4v) is 6.14. The summed E-state index contributed by atoms with van der Waals surface area (Å²) in [6.07, 6.45) is 8.96. The Morgan fingerprint density at radius 3 is 1.42 bits per heavy atom. The Bertz CT molecular complexity index is 1050. The highest BCUT2D eigenvalue weighted by Gasteiger charge is 2.19. The Morgan fingerprint density at radius 2 is 1.05 bits per heavy atom. The van der Waals surface area contributed by atoms with Gasteiger partial charge in [0, 0.05) is 0 Å². The average Bonchev–Trinajstić information content (AvgIpc) is 3.45. The minimum Gasteiger partial charge on any atom is -0.460 e. The second-order valence-corrected chi connectivity index (χ2v) is 13.6. The van der Waals surface area contributed by atoms with E-state index in [-0.39, 0.29) is 11.9 Å². The number of carbonyl (C=O) groups excluding carboxylic acids is 2. The Kier molecular flexibility index (Phi) is 12.0. The van der Waals surface area contributed by atoms with Gasteiger partial charge in [-0.3, -0.25) is 0 Å². The summed E-state index contributed by atoms with van der Waals surface area (Å²) in [6, 6.07) is 3.78. The molecule has 210 valence electrons. The van der Waals surface area contributed by atoms with Gasteiger partial charge in [0.25, 0.3) is 0 Å². The van der Waals surface area contributed by atoms with E-state index in [1.165, 1.54) is 48.4 Å². The fourth-order valence-electron chi connectivity index (χ4n) is 4.39. The van der Waals surface area contributed by atoms with Crippen molar-refractivity contribution in [2.24, 2.45) is 23.7 Å². The Balaban J connectivity index is 1.49. The van der Waals surface area contributed by atoms with Crippen LogP contribution in [0.5, 0.6) is 0 Å². The number of fused-ring (bicyclic) bond motifs is 2. The van der Waals surface area contributed by atoms with Crippen LogP contribution in [0.25, 0.3) is 20.4 Å². The first kappa shape index (κ1) is 30.5. The third-order valence-corrected chi connectivity index (χ3v) is 8.89. The lowest BCUT2D eigenvalue weighted by Crippen LogP contribution is -2.09. The quantitative estimate of drug-likeness (QED) is 0.163. The molecule has 0 radical (unpaired) electrons. The zero-order valence-corrected chi connectivity index (χ0v) is 25.5. The predicted molar refractivity (Wildman–Crippen MR) is 158 cm³/mol. The first-order valence-corrected chi connectivity index (χ1v) is 15.8. The van der Waals surface area contributed by atoms with Crippen LogP contribution >= 0.6 is 22.7 Å². The number of carbonyl (C=O) groups is 2. The molecule has 0 saturated heterocycles. The summed E-state index contributed by atoms with van der Waals surface area (Å²) >= 11 is 2.60. The molecule has 6 nitrogen and oxygen atoms in total. The molecular formula is C30H44N2O4S2. The van der Waals surface area contributed by atoms with Gasteiger partial charge in [0.2, 0.25) is 10.0 Å². The molecule has 0 bridgehead atoms. The number of hydrogen-bond donors (Lipinski definition) is 0. The molecule has 0 fully saturated rings. The lowest BCUT2D eigenvalue weighted by molar-refractivity contribution is 0.0474. The molecule has 0 aliphatic heterocycles. The summed E-state index contributed by atoms with van der Waals surface area (Å²) in [5.41, 5.74) is 1.44. The van der Waals surface area contributed by atoms with Gasteiger partial charge in [0.05, 0.1) is 33.6 Å². The second kappa shape index (κ2) is 14.9. The van der Waals surface area contributed by atoms with Gasteiger partial charge in [-0.2, -0.15) is 0 Å². The van der Waals surface area contributed by atoms with Crippen molar-refractivity contribution in [3.8, 4) is 0 Å². The number of hydrogen-bond acceptors (Lipinski definition) is 8. The number of ether oxygens (including phenoxy) is 2. The van der Waals surface area contributed by atoms with E-state index in [1.54, 1.807) is 0 Å². The summed E-state index contributed by atoms with van der Waals surface area (Å²) in [5, 5.41) is 0.708. The van der Waals surface area contributed by atoms with Gasteiger partial charge in [-0.1, -0.05) is 80.1 Å². The van der Waals surface area contributed by atoms with Crippen LogP contribution in [0.15, 0.2) is 12.1 Å². The van der Waals surface area contributed by atoms with Crippen molar-refractivity contribution in [2.75, 3.05) is 13.2 Å². The molecule has 38 heavy (non-hydrogen) atoms. The van der Waals surface area contributed by atoms with Gasteiger partial charge < -0.3 is 9.47 Å². The maximum absolute atomic E-state index is 12.6. The largest absolute Gasteiger partial charge is 0.460 e.